The summed E-state index contributed by atoms with van der Waals surface area (Å²) in [6.07, 6.45) is 6.15. The number of halogens is 2. The number of carbonyl (C=O) groups is 2. The molecular formula is C27H35Cl2N3O4S. The zero-order chi connectivity index (χ0) is 27.3. The Labute approximate surface area is 230 Å². The minimum absolute atomic E-state index is 0.0264. The van der Waals surface area contributed by atoms with Crippen molar-refractivity contribution in [1.82, 2.24) is 10.2 Å². The van der Waals surface area contributed by atoms with Crippen LogP contribution in [0.25, 0.3) is 0 Å². The van der Waals surface area contributed by atoms with Gasteiger partial charge in [0, 0.05) is 22.6 Å². The molecule has 10 heteroatoms. The predicted octanol–water partition coefficient (Wildman–Crippen LogP) is 5.24. The maximum absolute atomic E-state index is 13.7. The number of hydrogen-bond acceptors (Lipinski definition) is 4. The van der Waals surface area contributed by atoms with Crippen LogP contribution in [0.15, 0.2) is 36.4 Å². The molecule has 7 nitrogen and oxygen atoms in total. The van der Waals surface area contributed by atoms with E-state index in [-0.39, 0.29) is 18.5 Å². The molecule has 2 aromatic rings. The first-order chi connectivity index (χ1) is 17.4. The van der Waals surface area contributed by atoms with E-state index in [0.717, 1.165) is 53.8 Å². The summed E-state index contributed by atoms with van der Waals surface area (Å²) in [5.74, 6) is -0.789. The van der Waals surface area contributed by atoms with E-state index < -0.39 is 28.5 Å². The van der Waals surface area contributed by atoms with Gasteiger partial charge in [-0.15, -0.1) is 0 Å². The molecule has 1 atom stereocenters. The molecule has 0 aliphatic heterocycles. The first-order valence-electron chi connectivity index (χ1n) is 12.5. The Morgan fingerprint density at radius 1 is 1.03 bits per heavy atom. The van der Waals surface area contributed by atoms with Crippen molar-refractivity contribution in [3.8, 4) is 0 Å². The molecule has 1 fully saturated rings. The van der Waals surface area contributed by atoms with Gasteiger partial charge in [0.1, 0.15) is 12.6 Å². The zero-order valence-corrected chi connectivity index (χ0v) is 24.1. The predicted molar refractivity (Wildman–Crippen MR) is 150 cm³/mol. The third kappa shape index (κ3) is 7.85. The number of nitrogens with zero attached hydrogens (tertiary/aromatic N) is 2. The van der Waals surface area contributed by atoms with Crippen LogP contribution in [0.4, 0.5) is 5.69 Å². The fraction of sp³-hybridized carbons (Fsp3) is 0.481. The first-order valence-corrected chi connectivity index (χ1v) is 15.1. The lowest BCUT2D eigenvalue weighted by molar-refractivity contribution is -0.139. The Morgan fingerprint density at radius 3 is 2.30 bits per heavy atom. The van der Waals surface area contributed by atoms with E-state index in [1.165, 1.54) is 4.90 Å². The number of carbonyl (C=O) groups excluding carboxylic acids is 2. The third-order valence-electron chi connectivity index (χ3n) is 6.93. The average molecular weight is 569 g/mol. The minimum Gasteiger partial charge on any atom is -0.352 e. The van der Waals surface area contributed by atoms with Crippen LogP contribution in [-0.4, -0.2) is 50.0 Å². The van der Waals surface area contributed by atoms with Gasteiger partial charge in [0.15, 0.2) is 0 Å². The van der Waals surface area contributed by atoms with Crippen molar-refractivity contribution < 1.29 is 18.0 Å². The van der Waals surface area contributed by atoms with Gasteiger partial charge in [0.05, 0.1) is 11.9 Å². The molecular weight excluding hydrogens is 533 g/mol. The number of anilines is 1. The highest BCUT2D eigenvalue weighted by molar-refractivity contribution is 7.92. The van der Waals surface area contributed by atoms with Gasteiger partial charge in [-0.25, -0.2) is 8.42 Å². The van der Waals surface area contributed by atoms with Crippen LogP contribution in [0.2, 0.25) is 10.0 Å². The SMILES string of the molecule is Cc1ccc(N(CC(=O)N(Cc2ccc(Cl)cc2Cl)C(C)C(=O)NC2CCCCC2)S(C)(=O)=O)cc1C. The molecule has 202 valence electrons. The monoisotopic (exact) mass is 567 g/mol. The lowest BCUT2D eigenvalue weighted by atomic mass is 9.95. The highest BCUT2D eigenvalue weighted by Crippen LogP contribution is 2.25. The maximum atomic E-state index is 13.7. The average Bonchev–Trinajstić information content (AvgIpc) is 2.83. The molecule has 2 aromatic carbocycles. The smallest absolute Gasteiger partial charge is 0.244 e. The zero-order valence-electron chi connectivity index (χ0n) is 21.8. The topological polar surface area (TPSA) is 86.8 Å². The second-order valence-electron chi connectivity index (χ2n) is 9.82. The number of rotatable bonds is 9. The van der Waals surface area contributed by atoms with E-state index in [4.69, 9.17) is 23.2 Å². The molecule has 1 unspecified atom stereocenters. The quantitative estimate of drug-likeness (QED) is 0.448. The Kier molecular flexibility index (Phi) is 9.89. The summed E-state index contributed by atoms with van der Waals surface area (Å²) in [5.41, 5.74) is 2.91. The largest absolute Gasteiger partial charge is 0.352 e. The molecule has 0 bridgehead atoms. The summed E-state index contributed by atoms with van der Waals surface area (Å²) in [6, 6.07) is 9.40. The highest BCUT2D eigenvalue weighted by atomic mass is 35.5. The lowest BCUT2D eigenvalue weighted by Crippen LogP contribution is -2.53. The number of nitrogens with one attached hydrogen (secondary N) is 1. The summed E-state index contributed by atoms with van der Waals surface area (Å²) in [6.45, 7) is 5.04. The van der Waals surface area contributed by atoms with Crippen LogP contribution in [0, 0.1) is 13.8 Å². The normalized spacial score (nSPS) is 15.2. The molecule has 0 heterocycles. The second kappa shape index (κ2) is 12.5. The van der Waals surface area contributed by atoms with Crippen molar-refractivity contribution in [2.75, 3.05) is 17.1 Å². The van der Waals surface area contributed by atoms with Gasteiger partial charge in [-0.1, -0.05) is 54.6 Å². The maximum Gasteiger partial charge on any atom is 0.244 e. The third-order valence-corrected chi connectivity index (χ3v) is 8.66. The summed E-state index contributed by atoms with van der Waals surface area (Å²) in [5, 5.41) is 3.89. The van der Waals surface area contributed by atoms with Gasteiger partial charge in [0.25, 0.3) is 0 Å². The lowest BCUT2D eigenvalue weighted by Gasteiger charge is -2.33. The number of amides is 2. The van der Waals surface area contributed by atoms with Crippen molar-refractivity contribution in [2.45, 2.75) is 71.5 Å². The molecule has 1 aliphatic rings. The Hall–Kier alpha value is -2.29. The minimum atomic E-state index is -3.79. The molecule has 0 spiro atoms. The Balaban J connectivity index is 1.91. The molecule has 1 N–H and O–H groups in total. The summed E-state index contributed by atoms with van der Waals surface area (Å²) < 4.78 is 26.6. The van der Waals surface area contributed by atoms with Gasteiger partial charge >= 0.3 is 0 Å². The van der Waals surface area contributed by atoms with E-state index >= 15 is 0 Å². The molecule has 3 rings (SSSR count). The van der Waals surface area contributed by atoms with E-state index in [9.17, 15) is 18.0 Å². The van der Waals surface area contributed by atoms with Crippen molar-refractivity contribution in [3.63, 3.8) is 0 Å². The van der Waals surface area contributed by atoms with Gasteiger partial charge < -0.3 is 10.2 Å². The van der Waals surface area contributed by atoms with Crippen molar-refractivity contribution >= 4 is 50.7 Å². The van der Waals surface area contributed by atoms with Crippen LogP contribution in [-0.2, 0) is 26.2 Å². The highest BCUT2D eigenvalue weighted by Gasteiger charge is 2.31. The van der Waals surface area contributed by atoms with Crippen molar-refractivity contribution in [2.24, 2.45) is 0 Å². The summed E-state index contributed by atoms with van der Waals surface area (Å²) in [4.78, 5) is 28.3. The van der Waals surface area contributed by atoms with Crippen molar-refractivity contribution in [3.05, 3.63) is 63.1 Å². The molecule has 37 heavy (non-hydrogen) atoms. The molecule has 1 aliphatic carbocycles. The van der Waals surface area contributed by atoms with Gasteiger partial charge in [-0.05, 0) is 74.6 Å². The first kappa shape index (κ1) is 29.3. The molecule has 0 aromatic heterocycles. The number of benzene rings is 2. The van der Waals surface area contributed by atoms with E-state index in [1.54, 1.807) is 37.3 Å². The standard InChI is InChI=1S/C27H35Cl2N3O4S/c1-18-10-13-24(14-19(18)2)32(37(4,35)36)17-26(33)31(16-21-11-12-22(28)15-25(21)29)20(3)27(34)30-23-8-6-5-7-9-23/h10-15,20,23H,5-9,16-17H2,1-4H3,(H,30,34). The van der Waals surface area contributed by atoms with Crippen LogP contribution in [0.3, 0.4) is 0 Å². The second-order valence-corrected chi connectivity index (χ2v) is 12.6. The number of aryl methyl sites for hydroxylation is 2. The van der Waals surface area contributed by atoms with Gasteiger partial charge in [-0.3, -0.25) is 13.9 Å². The van der Waals surface area contributed by atoms with E-state index in [0.29, 0.717) is 21.3 Å². The summed E-state index contributed by atoms with van der Waals surface area (Å²) >= 11 is 12.4. The van der Waals surface area contributed by atoms with Gasteiger partial charge in [-0.2, -0.15) is 0 Å². The molecule has 0 saturated heterocycles. The number of hydrogen-bond donors (Lipinski definition) is 1. The van der Waals surface area contributed by atoms with Crippen LogP contribution < -0.4 is 9.62 Å². The van der Waals surface area contributed by atoms with Crippen LogP contribution >= 0.6 is 23.2 Å². The van der Waals surface area contributed by atoms with Crippen LogP contribution in [0.5, 0.6) is 0 Å². The molecule has 2 amide bonds. The number of sulfonamides is 1. The summed E-state index contributed by atoms with van der Waals surface area (Å²) in [7, 11) is -3.79. The van der Waals surface area contributed by atoms with Crippen molar-refractivity contribution in [1.29, 1.82) is 0 Å². The Morgan fingerprint density at radius 2 is 1.70 bits per heavy atom. The van der Waals surface area contributed by atoms with E-state index in [1.807, 2.05) is 19.9 Å². The van der Waals surface area contributed by atoms with E-state index in [2.05, 4.69) is 5.32 Å². The molecule has 1 saturated carbocycles. The van der Waals surface area contributed by atoms with Crippen LogP contribution in [0.1, 0.15) is 55.7 Å². The fourth-order valence-electron chi connectivity index (χ4n) is 4.48. The van der Waals surface area contributed by atoms with Gasteiger partial charge in [0.2, 0.25) is 21.8 Å². The molecule has 0 radical (unpaired) electrons. The fourth-order valence-corrected chi connectivity index (χ4v) is 5.79. The Bertz CT molecular complexity index is 1250.